The topological polar surface area (TPSA) is 76.5 Å². The number of thioether (sulfide) groups is 1. The van der Waals surface area contributed by atoms with Crippen LogP contribution in [0.4, 0.5) is 5.69 Å². The second kappa shape index (κ2) is 10.2. The van der Waals surface area contributed by atoms with Crippen molar-refractivity contribution >= 4 is 29.3 Å². The van der Waals surface area contributed by atoms with Gasteiger partial charge in [-0.1, -0.05) is 13.8 Å². The van der Waals surface area contributed by atoms with E-state index >= 15 is 0 Å². The number of hydrogen-bond donors (Lipinski definition) is 1. The van der Waals surface area contributed by atoms with Crippen molar-refractivity contribution in [1.82, 2.24) is 14.7 Å². The summed E-state index contributed by atoms with van der Waals surface area (Å²) in [7, 11) is 1.60. The van der Waals surface area contributed by atoms with Crippen molar-refractivity contribution in [3.63, 3.8) is 0 Å². The van der Waals surface area contributed by atoms with Gasteiger partial charge in [-0.15, -0.1) is 11.8 Å². The van der Waals surface area contributed by atoms with E-state index in [2.05, 4.69) is 31.2 Å². The monoisotopic (exact) mass is 444 g/mol. The highest BCUT2D eigenvalue weighted by Crippen LogP contribution is 2.25. The van der Waals surface area contributed by atoms with Crippen LogP contribution in [-0.2, 0) is 22.6 Å². The molecule has 1 saturated heterocycles. The van der Waals surface area contributed by atoms with E-state index in [1.807, 2.05) is 11.6 Å². The molecule has 1 aliphatic heterocycles. The van der Waals surface area contributed by atoms with E-state index < -0.39 is 6.04 Å². The first kappa shape index (κ1) is 23.2. The lowest BCUT2D eigenvalue weighted by Gasteiger charge is -2.23. The van der Waals surface area contributed by atoms with E-state index in [0.29, 0.717) is 36.1 Å². The maximum atomic E-state index is 13.0. The van der Waals surface area contributed by atoms with Crippen LogP contribution in [-0.4, -0.2) is 51.3 Å². The van der Waals surface area contributed by atoms with Gasteiger partial charge in [0.05, 0.1) is 18.7 Å². The molecule has 8 heteroatoms. The third kappa shape index (κ3) is 5.61. The molecular formula is C23H32N4O3S. The van der Waals surface area contributed by atoms with Crippen LogP contribution in [0.1, 0.15) is 37.2 Å². The molecule has 2 aromatic rings. The Morgan fingerprint density at radius 1 is 1.26 bits per heavy atom. The summed E-state index contributed by atoms with van der Waals surface area (Å²) in [6, 6.07) is 6.74. The van der Waals surface area contributed by atoms with Gasteiger partial charge >= 0.3 is 0 Å². The van der Waals surface area contributed by atoms with Crippen molar-refractivity contribution in [3.8, 4) is 5.75 Å². The Kier molecular flexibility index (Phi) is 7.64. The Bertz CT molecular complexity index is 924. The van der Waals surface area contributed by atoms with Gasteiger partial charge < -0.3 is 15.0 Å². The molecule has 2 heterocycles. The summed E-state index contributed by atoms with van der Waals surface area (Å²) in [5.41, 5.74) is 3.94. The van der Waals surface area contributed by atoms with Gasteiger partial charge in [0.25, 0.3) is 0 Å². The van der Waals surface area contributed by atoms with E-state index in [4.69, 9.17) is 4.74 Å². The summed E-state index contributed by atoms with van der Waals surface area (Å²) in [5.74, 6) is 2.26. The number of nitrogens with zero attached hydrogens (tertiary/aromatic N) is 3. The Hall–Kier alpha value is -2.48. The number of rotatable bonds is 8. The Morgan fingerprint density at radius 3 is 2.61 bits per heavy atom. The first-order chi connectivity index (χ1) is 14.8. The first-order valence-corrected chi connectivity index (χ1v) is 11.8. The fourth-order valence-corrected chi connectivity index (χ4v) is 4.98. The van der Waals surface area contributed by atoms with E-state index in [0.717, 1.165) is 29.2 Å². The average molecular weight is 445 g/mol. The lowest BCUT2D eigenvalue weighted by molar-refractivity contribution is -0.136. The third-order valence-electron chi connectivity index (χ3n) is 5.52. The summed E-state index contributed by atoms with van der Waals surface area (Å²) in [6.45, 7) is 9.28. The lowest BCUT2D eigenvalue weighted by Crippen LogP contribution is -2.44. The molecule has 1 unspecified atom stereocenters. The molecule has 31 heavy (non-hydrogen) atoms. The number of hydrogen-bond acceptors (Lipinski definition) is 5. The molecule has 7 nitrogen and oxygen atoms in total. The van der Waals surface area contributed by atoms with Gasteiger partial charge in [-0.2, -0.15) is 5.10 Å². The van der Waals surface area contributed by atoms with E-state index in [1.165, 1.54) is 0 Å². The first-order valence-electron chi connectivity index (χ1n) is 10.6. The number of aryl methyl sites for hydroxylation is 1. The summed E-state index contributed by atoms with van der Waals surface area (Å²) in [6.07, 6.45) is 1.02. The van der Waals surface area contributed by atoms with Gasteiger partial charge in [-0.25, -0.2) is 0 Å². The van der Waals surface area contributed by atoms with Crippen LogP contribution in [0.5, 0.6) is 5.75 Å². The predicted molar refractivity (Wildman–Crippen MR) is 124 cm³/mol. The van der Waals surface area contributed by atoms with Crippen molar-refractivity contribution < 1.29 is 14.3 Å². The Labute approximate surface area is 188 Å². The number of methoxy groups -OCH3 is 1. The quantitative estimate of drug-likeness (QED) is 0.673. The molecule has 0 saturated carbocycles. The maximum Gasteiger partial charge on any atom is 0.248 e. The lowest BCUT2D eigenvalue weighted by atomic mass is 10.1. The second-order valence-corrected chi connectivity index (χ2v) is 9.32. The molecule has 3 rings (SSSR count). The van der Waals surface area contributed by atoms with Crippen LogP contribution in [0, 0.1) is 19.8 Å². The highest BCUT2D eigenvalue weighted by Gasteiger charge is 2.34. The van der Waals surface area contributed by atoms with E-state index in [-0.39, 0.29) is 11.8 Å². The average Bonchev–Trinajstić information content (AvgIpc) is 3.32. The van der Waals surface area contributed by atoms with Crippen molar-refractivity contribution in [2.24, 2.45) is 5.92 Å². The molecule has 1 fully saturated rings. The van der Waals surface area contributed by atoms with Gasteiger partial charge in [0, 0.05) is 30.1 Å². The van der Waals surface area contributed by atoms with Gasteiger partial charge in [-0.05, 0) is 56.0 Å². The number of carbonyl (C=O) groups is 2. The minimum Gasteiger partial charge on any atom is -0.497 e. The molecule has 168 valence electrons. The third-order valence-corrected chi connectivity index (χ3v) is 6.53. The highest BCUT2D eigenvalue weighted by molar-refractivity contribution is 7.99. The van der Waals surface area contributed by atoms with Crippen molar-refractivity contribution in [2.75, 3.05) is 24.1 Å². The summed E-state index contributed by atoms with van der Waals surface area (Å²) in [4.78, 5) is 27.5. The molecular weight excluding hydrogens is 412 g/mol. The number of anilines is 1. The smallest absolute Gasteiger partial charge is 0.248 e. The fourth-order valence-electron chi connectivity index (χ4n) is 3.80. The SMILES string of the molecule is COc1ccc(NC(=O)C2CSCN2C(=O)CCc2c(C)nn(CC(C)C)c2C)cc1. The van der Waals surface area contributed by atoms with E-state index in [9.17, 15) is 9.59 Å². The minimum atomic E-state index is -0.453. The largest absolute Gasteiger partial charge is 0.497 e. The summed E-state index contributed by atoms with van der Waals surface area (Å²) < 4.78 is 7.19. The predicted octanol–water partition coefficient (Wildman–Crippen LogP) is 3.64. The van der Waals surface area contributed by atoms with Crippen LogP contribution in [0.25, 0.3) is 0 Å². The second-order valence-electron chi connectivity index (χ2n) is 8.32. The Balaban J connectivity index is 1.60. The van der Waals surface area contributed by atoms with Gasteiger partial charge in [0.15, 0.2) is 0 Å². The molecule has 1 aromatic heterocycles. The standard InChI is InChI=1S/C23H32N4O3S/c1-15(2)12-27-17(4)20(16(3)25-27)10-11-22(28)26-14-31-13-21(26)23(29)24-18-6-8-19(30-5)9-7-18/h6-9,15,21H,10-14H2,1-5H3,(H,24,29). The van der Waals surface area contributed by atoms with Crippen molar-refractivity contribution in [1.29, 1.82) is 0 Å². The van der Waals surface area contributed by atoms with Crippen LogP contribution in [0.3, 0.4) is 0 Å². The molecule has 1 aliphatic rings. The fraction of sp³-hybridized carbons (Fsp3) is 0.522. The molecule has 2 amide bonds. The highest BCUT2D eigenvalue weighted by atomic mass is 32.2. The zero-order valence-electron chi connectivity index (χ0n) is 19.0. The van der Waals surface area contributed by atoms with Crippen molar-refractivity contribution in [3.05, 3.63) is 41.2 Å². The number of ether oxygens (including phenoxy) is 1. The zero-order chi connectivity index (χ0) is 22.5. The van der Waals surface area contributed by atoms with Gasteiger partial charge in [-0.3, -0.25) is 14.3 Å². The zero-order valence-corrected chi connectivity index (χ0v) is 19.8. The molecule has 1 aromatic carbocycles. The maximum absolute atomic E-state index is 13.0. The number of benzene rings is 1. The number of nitrogens with one attached hydrogen (secondary N) is 1. The van der Waals surface area contributed by atoms with E-state index in [1.54, 1.807) is 48.0 Å². The molecule has 0 aliphatic carbocycles. The molecule has 1 N–H and O–H groups in total. The molecule has 1 atom stereocenters. The molecule has 0 bridgehead atoms. The number of aromatic nitrogens is 2. The van der Waals surface area contributed by atoms with Crippen molar-refractivity contribution in [2.45, 2.75) is 53.1 Å². The minimum absolute atomic E-state index is 0.00953. The van der Waals surface area contributed by atoms with Gasteiger partial charge in [0.1, 0.15) is 11.8 Å². The van der Waals surface area contributed by atoms with Crippen LogP contribution in [0.15, 0.2) is 24.3 Å². The summed E-state index contributed by atoms with van der Waals surface area (Å²) in [5, 5.41) is 7.56. The van der Waals surface area contributed by atoms with Crippen LogP contribution >= 0.6 is 11.8 Å². The number of amides is 2. The van der Waals surface area contributed by atoms with Crippen LogP contribution in [0.2, 0.25) is 0 Å². The van der Waals surface area contributed by atoms with Gasteiger partial charge in [0.2, 0.25) is 11.8 Å². The number of carbonyl (C=O) groups excluding carboxylic acids is 2. The summed E-state index contributed by atoms with van der Waals surface area (Å²) >= 11 is 1.61. The normalized spacial score (nSPS) is 16.1. The molecule has 0 radical (unpaired) electrons. The van der Waals surface area contributed by atoms with Crippen LogP contribution < -0.4 is 10.1 Å². The Morgan fingerprint density at radius 2 is 1.97 bits per heavy atom. The molecule has 0 spiro atoms.